The fraction of sp³-hybridized carbons (Fsp3) is 0.241. The number of hydrogen-bond donors (Lipinski definition) is 0. The van der Waals surface area contributed by atoms with Crippen LogP contribution in [0.4, 0.5) is 0 Å². The van der Waals surface area contributed by atoms with Gasteiger partial charge in [0.15, 0.2) is 0 Å². The van der Waals surface area contributed by atoms with Crippen LogP contribution in [0.1, 0.15) is 39.8 Å². The van der Waals surface area contributed by atoms with E-state index in [1.54, 1.807) is 0 Å². The average Bonchev–Trinajstić information content (AvgIpc) is 3.51. The van der Waals surface area contributed by atoms with Crippen LogP contribution in [0.25, 0.3) is 0 Å². The van der Waals surface area contributed by atoms with Crippen molar-refractivity contribution in [3.05, 3.63) is 125 Å². The third-order valence-corrected chi connectivity index (χ3v) is 6.77. The number of benzene rings is 3. The zero-order valence-electron chi connectivity index (χ0n) is 18.7. The maximum Gasteiger partial charge on any atom is 0.0991 e. The van der Waals surface area contributed by atoms with E-state index in [4.69, 9.17) is 5.26 Å². The first-order valence-corrected chi connectivity index (χ1v) is 11.6. The molecule has 0 spiro atoms. The van der Waals surface area contributed by atoms with Crippen LogP contribution in [0, 0.1) is 11.3 Å². The predicted molar refractivity (Wildman–Crippen MR) is 131 cm³/mol. The van der Waals surface area contributed by atoms with E-state index in [9.17, 15) is 0 Å². The van der Waals surface area contributed by atoms with Crippen LogP contribution in [0.2, 0.25) is 0 Å². The maximum atomic E-state index is 9.02. The third kappa shape index (κ3) is 4.89. The first-order valence-electron chi connectivity index (χ1n) is 11.6. The molecular formula is C29H28N4. The molecule has 0 saturated carbocycles. The molecule has 4 aromatic rings. The van der Waals surface area contributed by atoms with Crippen molar-refractivity contribution in [1.82, 2.24) is 14.5 Å². The van der Waals surface area contributed by atoms with Gasteiger partial charge in [0.25, 0.3) is 0 Å². The number of rotatable bonds is 7. The largest absolute Gasteiger partial charge is 0.330 e. The lowest BCUT2D eigenvalue weighted by Crippen LogP contribution is -2.24. The Hall–Kier alpha value is -3.68. The molecule has 1 aromatic heterocycles. The lowest BCUT2D eigenvalue weighted by atomic mass is 9.84. The van der Waals surface area contributed by atoms with E-state index >= 15 is 0 Å². The molecule has 1 aliphatic heterocycles. The van der Waals surface area contributed by atoms with Crippen molar-refractivity contribution >= 4 is 0 Å². The molecule has 3 aromatic carbocycles. The van der Waals surface area contributed by atoms with Crippen molar-refractivity contribution in [1.29, 1.82) is 5.26 Å². The summed E-state index contributed by atoms with van der Waals surface area (Å²) in [5, 5.41) is 9.02. The molecule has 4 nitrogen and oxygen atoms in total. The summed E-state index contributed by atoms with van der Waals surface area (Å²) in [7, 11) is 0. The molecule has 0 radical (unpaired) electrons. The summed E-state index contributed by atoms with van der Waals surface area (Å²) in [6, 6.07) is 31.9. The number of aromatic nitrogens is 2. The average molecular weight is 433 g/mol. The van der Waals surface area contributed by atoms with Gasteiger partial charge in [0.05, 0.1) is 18.0 Å². The van der Waals surface area contributed by atoms with Crippen LogP contribution >= 0.6 is 0 Å². The number of nitriles is 1. The Kier molecular flexibility index (Phi) is 6.32. The molecule has 2 atom stereocenters. The number of nitrogens with zero attached hydrogens (tertiary/aromatic N) is 4. The summed E-state index contributed by atoms with van der Waals surface area (Å²) in [6.07, 6.45) is 4.87. The molecule has 5 rings (SSSR count). The van der Waals surface area contributed by atoms with Crippen LogP contribution < -0.4 is 0 Å². The normalized spacial score (nSPS) is 18.3. The summed E-state index contributed by atoms with van der Waals surface area (Å²) < 4.78 is 2.22. The van der Waals surface area contributed by atoms with Crippen molar-refractivity contribution in [3.8, 4) is 6.07 Å². The Labute approximate surface area is 195 Å². The highest BCUT2D eigenvalue weighted by Crippen LogP contribution is 2.39. The second kappa shape index (κ2) is 9.85. The molecule has 0 aliphatic carbocycles. The monoisotopic (exact) mass is 432 g/mol. The topological polar surface area (TPSA) is 44.9 Å². The molecule has 0 bridgehead atoms. The molecule has 2 heterocycles. The van der Waals surface area contributed by atoms with E-state index in [0.717, 1.165) is 32.6 Å². The molecule has 1 aliphatic rings. The van der Waals surface area contributed by atoms with E-state index < -0.39 is 0 Å². The molecule has 0 unspecified atom stereocenters. The summed E-state index contributed by atoms with van der Waals surface area (Å²) in [4.78, 5) is 7.02. The van der Waals surface area contributed by atoms with Gasteiger partial charge in [-0.25, -0.2) is 4.98 Å². The zero-order chi connectivity index (χ0) is 22.5. The van der Waals surface area contributed by atoms with Gasteiger partial charge < -0.3 is 9.47 Å². The summed E-state index contributed by atoms with van der Waals surface area (Å²) >= 11 is 0. The lowest BCUT2D eigenvalue weighted by Gasteiger charge is -2.19. The Balaban J connectivity index is 1.28. The van der Waals surface area contributed by atoms with E-state index in [2.05, 4.69) is 81.2 Å². The van der Waals surface area contributed by atoms with Crippen molar-refractivity contribution in [3.63, 3.8) is 0 Å². The SMILES string of the molecule is N#Cc1ccc(Cn2cncc2CCN2C[C@H](c3ccccc3)[C@H](c3ccccc3)C2)cc1. The maximum absolute atomic E-state index is 9.02. The summed E-state index contributed by atoms with van der Waals surface area (Å²) in [5.41, 5.74) is 5.99. The van der Waals surface area contributed by atoms with Crippen LogP contribution in [-0.2, 0) is 13.0 Å². The fourth-order valence-corrected chi connectivity index (χ4v) is 5.00. The first-order chi connectivity index (χ1) is 16.3. The minimum Gasteiger partial charge on any atom is -0.330 e. The van der Waals surface area contributed by atoms with Gasteiger partial charge in [-0.1, -0.05) is 72.8 Å². The molecular weight excluding hydrogens is 404 g/mol. The van der Waals surface area contributed by atoms with Crippen LogP contribution in [0.15, 0.2) is 97.5 Å². The number of hydrogen-bond acceptors (Lipinski definition) is 3. The summed E-state index contributed by atoms with van der Waals surface area (Å²) in [6.45, 7) is 3.95. The molecule has 4 heteroatoms. The van der Waals surface area contributed by atoms with Gasteiger partial charge in [0, 0.05) is 56.3 Å². The molecule has 33 heavy (non-hydrogen) atoms. The second-order valence-electron chi connectivity index (χ2n) is 8.87. The van der Waals surface area contributed by atoms with E-state index in [1.165, 1.54) is 22.4 Å². The van der Waals surface area contributed by atoms with E-state index in [0.29, 0.717) is 17.4 Å². The van der Waals surface area contributed by atoms with E-state index in [1.807, 2.05) is 36.8 Å². The van der Waals surface area contributed by atoms with Gasteiger partial charge in [0.2, 0.25) is 0 Å². The highest BCUT2D eigenvalue weighted by molar-refractivity contribution is 5.32. The lowest BCUT2D eigenvalue weighted by molar-refractivity contribution is 0.333. The van der Waals surface area contributed by atoms with Crippen LogP contribution in [0.3, 0.4) is 0 Å². The Bertz CT molecular complexity index is 1160. The van der Waals surface area contributed by atoms with Crippen molar-refractivity contribution < 1.29 is 0 Å². The Morgan fingerprint density at radius 2 is 1.42 bits per heavy atom. The van der Waals surface area contributed by atoms with Crippen molar-refractivity contribution in [2.75, 3.05) is 19.6 Å². The highest BCUT2D eigenvalue weighted by Gasteiger charge is 2.34. The quantitative estimate of drug-likeness (QED) is 0.402. The van der Waals surface area contributed by atoms with Gasteiger partial charge in [-0.2, -0.15) is 5.26 Å². The van der Waals surface area contributed by atoms with Gasteiger partial charge >= 0.3 is 0 Å². The first kappa shape index (κ1) is 21.2. The summed E-state index contributed by atoms with van der Waals surface area (Å²) in [5.74, 6) is 1.02. The van der Waals surface area contributed by atoms with Crippen molar-refractivity contribution in [2.24, 2.45) is 0 Å². The Morgan fingerprint density at radius 1 is 0.818 bits per heavy atom. The third-order valence-electron chi connectivity index (χ3n) is 6.77. The fourth-order valence-electron chi connectivity index (χ4n) is 5.00. The standard InChI is InChI=1S/C29H28N4/c30-17-23-11-13-24(14-12-23)19-33-22-31-18-27(33)15-16-32-20-28(25-7-3-1-4-8-25)29(21-32)26-9-5-2-6-10-26/h1-14,18,22,28-29H,15-16,19-21H2/t28-,29+. The zero-order valence-corrected chi connectivity index (χ0v) is 18.7. The molecule has 0 amide bonds. The number of likely N-dealkylation sites (tertiary alicyclic amines) is 1. The molecule has 0 N–H and O–H groups in total. The number of imidazole rings is 1. The van der Waals surface area contributed by atoms with Gasteiger partial charge in [0.1, 0.15) is 0 Å². The van der Waals surface area contributed by atoms with Gasteiger partial charge in [-0.05, 0) is 28.8 Å². The van der Waals surface area contributed by atoms with Gasteiger partial charge in [-0.3, -0.25) is 0 Å². The van der Waals surface area contributed by atoms with Crippen LogP contribution in [0.5, 0.6) is 0 Å². The molecule has 1 saturated heterocycles. The Morgan fingerprint density at radius 3 is 2.00 bits per heavy atom. The van der Waals surface area contributed by atoms with Crippen LogP contribution in [-0.4, -0.2) is 34.1 Å². The predicted octanol–water partition coefficient (Wildman–Crippen LogP) is 5.23. The minimum atomic E-state index is 0.511. The highest BCUT2D eigenvalue weighted by atomic mass is 15.2. The van der Waals surface area contributed by atoms with Gasteiger partial charge in [-0.15, -0.1) is 0 Å². The minimum absolute atomic E-state index is 0.511. The van der Waals surface area contributed by atoms with Crippen molar-refractivity contribution in [2.45, 2.75) is 24.8 Å². The van der Waals surface area contributed by atoms with E-state index in [-0.39, 0.29) is 0 Å². The molecule has 164 valence electrons. The smallest absolute Gasteiger partial charge is 0.0991 e. The second-order valence-corrected chi connectivity index (χ2v) is 8.87. The molecule has 1 fully saturated rings.